The molecule has 166 valence electrons. The number of ether oxygens (including phenoxy) is 1. The third-order valence-corrected chi connectivity index (χ3v) is 8.33. The summed E-state index contributed by atoms with van der Waals surface area (Å²) in [7, 11) is -3.35. The summed E-state index contributed by atoms with van der Waals surface area (Å²) in [6.45, 7) is 1.99. The second-order valence-electron chi connectivity index (χ2n) is 8.04. The zero-order chi connectivity index (χ0) is 21.8. The molecule has 0 bridgehead atoms. The van der Waals surface area contributed by atoms with E-state index < -0.39 is 21.7 Å². The third-order valence-electron chi connectivity index (χ3n) is 6.05. The van der Waals surface area contributed by atoms with Crippen molar-refractivity contribution in [3.63, 3.8) is 0 Å². The number of carbonyl (C=O) groups is 1. The van der Waals surface area contributed by atoms with E-state index >= 15 is 0 Å². The molecule has 1 unspecified atom stereocenters. The van der Waals surface area contributed by atoms with Gasteiger partial charge < -0.3 is 10.1 Å². The molecule has 1 aliphatic heterocycles. The highest BCUT2D eigenvalue weighted by Gasteiger charge is 2.32. The Kier molecular flexibility index (Phi) is 6.69. The summed E-state index contributed by atoms with van der Waals surface area (Å²) in [6.07, 6.45) is 3.28. The standard InChI is InChI=1S/C23H27FN2O4S/c24-21-8-4-3-7-20(21)22(26-13-15-30-16-14-26)23(27)25-17-9-11-19(12-10-17)31(28,29)18-5-1-2-6-18/h3-4,7-12,18,22H,1-2,5-6,13-16H2,(H,25,27). The summed E-state index contributed by atoms with van der Waals surface area (Å²) >= 11 is 0. The van der Waals surface area contributed by atoms with Crippen molar-refractivity contribution in [1.82, 2.24) is 4.90 Å². The summed E-state index contributed by atoms with van der Waals surface area (Å²) in [5.74, 6) is -0.800. The zero-order valence-electron chi connectivity index (χ0n) is 17.3. The number of halogens is 1. The molecule has 0 radical (unpaired) electrons. The molecule has 1 saturated heterocycles. The van der Waals surface area contributed by atoms with Crippen LogP contribution in [0.5, 0.6) is 0 Å². The van der Waals surface area contributed by atoms with Crippen molar-refractivity contribution in [3.8, 4) is 0 Å². The Morgan fingerprint density at radius 3 is 2.32 bits per heavy atom. The maximum atomic E-state index is 14.5. The van der Waals surface area contributed by atoms with Crippen LogP contribution in [0.25, 0.3) is 0 Å². The van der Waals surface area contributed by atoms with Gasteiger partial charge >= 0.3 is 0 Å². The zero-order valence-corrected chi connectivity index (χ0v) is 18.1. The van der Waals surface area contributed by atoms with Gasteiger partial charge in [-0.3, -0.25) is 9.69 Å². The quantitative estimate of drug-likeness (QED) is 0.735. The van der Waals surface area contributed by atoms with Crippen molar-refractivity contribution in [3.05, 3.63) is 59.9 Å². The molecule has 6 nitrogen and oxygen atoms in total. The van der Waals surface area contributed by atoms with Gasteiger partial charge in [0.2, 0.25) is 5.91 Å². The molecule has 31 heavy (non-hydrogen) atoms. The van der Waals surface area contributed by atoms with Gasteiger partial charge in [0.05, 0.1) is 23.4 Å². The largest absolute Gasteiger partial charge is 0.379 e. The van der Waals surface area contributed by atoms with Crippen LogP contribution in [-0.2, 0) is 19.4 Å². The summed E-state index contributed by atoms with van der Waals surface area (Å²) < 4.78 is 45.4. The second-order valence-corrected chi connectivity index (χ2v) is 10.3. The van der Waals surface area contributed by atoms with Crippen LogP contribution in [0.3, 0.4) is 0 Å². The van der Waals surface area contributed by atoms with Gasteiger partial charge in [0.25, 0.3) is 0 Å². The summed E-state index contributed by atoms with van der Waals surface area (Å²) in [5, 5.41) is 2.51. The summed E-state index contributed by atoms with van der Waals surface area (Å²) in [6, 6.07) is 11.7. The number of hydrogen-bond donors (Lipinski definition) is 1. The third kappa shape index (κ3) is 4.81. The van der Waals surface area contributed by atoms with Crippen LogP contribution in [0.2, 0.25) is 0 Å². The molecule has 2 aliphatic rings. The molecule has 4 rings (SSSR count). The van der Waals surface area contributed by atoms with E-state index in [0.29, 0.717) is 50.4 Å². The van der Waals surface area contributed by atoms with Crippen molar-refractivity contribution in [2.75, 3.05) is 31.6 Å². The Morgan fingerprint density at radius 2 is 1.68 bits per heavy atom. The van der Waals surface area contributed by atoms with Gasteiger partial charge in [-0.1, -0.05) is 31.0 Å². The van der Waals surface area contributed by atoms with Crippen LogP contribution in [0.1, 0.15) is 37.3 Å². The fourth-order valence-electron chi connectivity index (χ4n) is 4.37. The fraction of sp³-hybridized carbons (Fsp3) is 0.435. The Labute approximate surface area is 182 Å². The van der Waals surface area contributed by atoms with Crippen molar-refractivity contribution in [2.24, 2.45) is 0 Å². The highest BCUT2D eigenvalue weighted by Crippen LogP contribution is 2.31. The Balaban J connectivity index is 1.54. The van der Waals surface area contributed by atoms with Gasteiger partial charge in [0.1, 0.15) is 11.9 Å². The number of rotatable bonds is 6. The number of carbonyl (C=O) groups excluding carboxylic acids is 1. The predicted molar refractivity (Wildman–Crippen MR) is 116 cm³/mol. The summed E-state index contributed by atoms with van der Waals surface area (Å²) in [5.41, 5.74) is 0.785. The molecular formula is C23H27FN2O4S. The SMILES string of the molecule is O=C(Nc1ccc(S(=O)(=O)C2CCCC2)cc1)C(c1ccccc1F)N1CCOCC1. The average molecular weight is 447 g/mol. The van der Waals surface area contributed by atoms with Crippen LogP contribution >= 0.6 is 0 Å². The summed E-state index contributed by atoms with van der Waals surface area (Å²) in [4.78, 5) is 15.4. The van der Waals surface area contributed by atoms with Crippen LogP contribution in [0.15, 0.2) is 53.4 Å². The van der Waals surface area contributed by atoms with Crippen LogP contribution < -0.4 is 5.32 Å². The number of morpholine rings is 1. The minimum atomic E-state index is -3.35. The number of benzene rings is 2. The van der Waals surface area contributed by atoms with E-state index in [4.69, 9.17) is 4.74 Å². The lowest BCUT2D eigenvalue weighted by atomic mass is 10.0. The predicted octanol–water partition coefficient (Wildman–Crippen LogP) is 3.55. The lowest BCUT2D eigenvalue weighted by Gasteiger charge is -2.34. The van der Waals surface area contributed by atoms with Gasteiger partial charge in [-0.25, -0.2) is 12.8 Å². The number of amides is 1. The lowest BCUT2D eigenvalue weighted by molar-refractivity contribution is -0.123. The Hall–Kier alpha value is -2.29. The highest BCUT2D eigenvalue weighted by molar-refractivity contribution is 7.92. The van der Waals surface area contributed by atoms with Gasteiger partial charge in [0, 0.05) is 24.3 Å². The molecule has 0 spiro atoms. The first-order valence-electron chi connectivity index (χ1n) is 10.7. The smallest absolute Gasteiger partial charge is 0.246 e. The topological polar surface area (TPSA) is 75.7 Å². The van der Waals surface area contributed by atoms with E-state index in [1.54, 1.807) is 30.3 Å². The first-order chi connectivity index (χ1) is 15.0. The van der Waals surface area contributed by atoms with E-state index in [9.17, 15) is 17.6 Å². The second kappa shape index (κ2) is 9.46. The molecule has 2 aromatic carbocycles. The van der Waals surface area contributed by atoms with E-state index in [2.05, 4.69) is 5.32 Å². The van der Waals surface area contributed by atoms with Gasteiger partial charge in [-0.05, 0) is 43.2 Å². The molecule has 1 N–H and O–H groups in total. The number of sulfone groups is 1. The maximum Gasteiger partial charge on any atom is 0.246 e. The molecular weight excluding hydrogens is 419 g/mol. The maximum absolute atomic E-state index is 14.5. The highest BCUT2D eigenvalue weighted by atomic mass is 32.2. The van der Waals surface area contributed by atoms with Crippen LogP contribution in [0, 0.1) is 5.82 Å². The minimum absolute atomic E-state index is 0.274. The Bertz CT molecular complexity index is 1010. The van der Waals surface area contributed by atoms with E-state index in [-0.39, 0.29) is 16.1 Å². The van der Waals surface area contributed by atoms with Crippen molar-refractivity contribution in [1.29, 1.82) is 0 Å². The average Bonchev–Trinajstić information content (AvgIpc) is 3.32. The molecule has 1 aliphatic carbocycles. The number of anilines is 1. The molecule has 0 aromatic heterocycles. The Morgan fingerprint density at radius 1 is 1.03 bits per heavy atom. The normalized spacial score (nSPS) is 19.3. The molecule has 1 heterocycles. The monoisotopic (exact) mass is 446 g/mol. The van der Waals surface area contributed by atoms with Gasteiger partial charge in [-0.2, -0.15) is 0 Å². The number of nitrogens with zero attached hydrogens (tertiary/aromatic N) is 1. The minimum Gasteiger partial charge on any atom is -0.379 e. The molecule has 1 amide bonds. The molecule has 1 atom stereocenters. The molecule has 2 fully saturated rings. The molecule has 2 aromatic rings. The first kappa shape index (κ1) is 21.9. The van der Waals surface area contributed by atoms with Crippen molar-refractivity contribution >= 4 is 21.4 Å². The van der Waals surface area contributed by atoms with Crippen LogP contribution in [0.4, 0.5) is 10.1 Å². The number of nitrogens with one attached hydrogen (secondary N) is 1. The number of hydrogen-bond acceptors (Lipinski definition) is 5. The molecule has 1 saturated carbocycles. The van der Waals surface area contributed by atoms with E-state index in [0.717, 1.165) is 12.8 Å². The van der Waals surface area contributed by atoms with Gasteiger partial charge in [0.15, 0.2) is 9.84 Å². The van der Waals surface area contributed by atoms with E-state index in [1.807, 2.05) is 4.90 Å². The molecule has 8 heteroatoms. The van der Waals surface area contributed by atoms with Gasteiger partial charge in [-0.15, -0.1) is 0 Å². The van der Waals surface area contributed by atoms with Crippen molar-refractivity contribution in [2.45, 2.75) is 41.9 Å². The van der Waals surface area contributed by atoms with Crippen LogP contribution in [-0.4, -0.2) is 50.8 Å². The fourth-order valence-corrected chi connectivity index (χ4v) is 6.22. The lowest BCUT2D eigenvalue weighted by Crippen LogP contribution is -2.44. The van der Waals surface area contributed by atoms with E-state index in [1.165, 1.54) is 18.2 Å². The first-order valence-corrected chi connectivity index (χ1v) is 12.2. The van der Waals surface area contributed by atoms with Crippen molar-refractivity contribution < 1.29 is 22.3 Å².